The van der Waals surface area contributed by atoms with Crippen LogP contribution in [-0.2, 0) is 18.9 Å². The highest BCUT2D eigenvalue weighted by Crippen LogP contribution is 2.38. The summed E-state index contributed by atoms with van der Waals surface area (Å²) in [5, 5.41) is 0. The molecule has 4 heteroatoms. The number of ether oxygens (including phenoxy) is 4. The molecule has 1 rings (SSSR count). The lowest BCUT2D eigenvalue weighted by molar-refractivity contribution is -0.161. The first-order valence-electron chi connectivity index (χ1n) is 5.87. The van der Waals surface area contributed by atoms with Crippen LogP contribution in [0, 0.1) is 24.7 Å². The van der Waals surface area contributed by atoms with Gasteiger partial charge in [-0.2, -0.15) is 0 Å². The fourth-order valence-electron chi connectivity index (χ4n) is 2.06. The van der Waals surface area contributed by atoms with E-state index in [-0.39, 0.29) is 13.6 Å². The first-order chi connectivity index (χ1) is 8.66. The van der Waals surface area contributed by atoms with Crippen molar-refractivity contribution < 1.29 is 18.9 Å². The van der Waals surface area contributed by atoms with Gasteiger partial charge in [-0.25, -0.2) is 0 Å². The molecule has 0 unspecified atom stereocenters. The standard InChI is InChI=1S/C14H20O4/c1-5-13(17-11-15-3)7-9-14(6-2,10-8-13)18-12-16-4/h1-2H,7-12H2,3-4H3. The van der Waals surface area contributed by atoms with E-state index in [4.69, 9.17) is 31.8 Å². The van der Waals surface area contributed by atoms with Crippen LogP contribution in [0.4, 0.5) is 0 Å². The van der Waals surface area contributed by atoms with Crippen molar-refractivity contribution in [1.29, 1.82) is 0 Å². The summed E-state index contributed by atoms with van der Waals surface area (Å²) in [4.78, 5) is 0. The van der Waals surface area contributed by atoms with Crippen LogP contribution >= 0.6 is 0 Å². The Kier molecular flexibility index (Phi) is 5.65. The Balaban J connectivity index is 2.62. The van der Waals surface area contributed by atoms with Gasteiger partial charge in [-0.1, -0.05) is 11.8 Å². The number of hydrogen-bond donors (Lipinski definition) is 0. The van der Waals surface area contributed by atoms with Gasteiger partial charge in [-0.3, -0.25) is 0 Å². The Labute approximate surface area is 109 Å². The first-order valence-corrected chi connectivity index (χ1v) is 5.87. The normalized spacial score (nSPS) is 31.6. The van der Waals surface area contributed by atoms with Gasteiger partial charge in [0.05, 0.1) is 0 Å². The molecule has 0 aromatic heterocycles. The Bertz CT molecular complexity index is 295. The van der Waals surface area contributed by atoms with Crippen molar-refractivity contribution in [2.45, 2.75) is 36.9 Å². The highest BCUT2D eigenvalue weighted by molar-refractivity contribution is 5.18. The summed E-state index contributed by atoms with van der Waals surface area (Å²) in [6.07, 6.45) is 13.7. The van der Waals surface area contributed by atoms with E-state index in [2.05, 4.69) is 11.8 Å². The van der Waals surface area contributed by atoms with E-state index in [1.54, 1.807) is 14.2 Å². The van der Waals surface area contributed by atoms with E-state index in [9.17, 15) is 0 Å². The molecule has 4 nitrogen and oxygen atoms in total. The molecule has 18 heavy (non-hydrogen) atoms. The lowest BCUT2D eigenvalue weighted by atomic mass is 9.76. The summed E-state index contributed by atoms with van der Waals surface area (Å²) in [6.45, 7) is 0.373. The number of rotatable bonds is 6. The summed E-state index contributed by atoms with van der Waals surface area (Å²) in [7, 11) is 3.14. The second-order valence-corrected chi connectivity index (χ2v) is 4.38. The Morgan fingerprint density at radius 2 is 1.17 bits per heavy atom. The minimum absolute atomic E-state index is 0.187. The minimum Gasteiger partial charge on any atom is -0.359 e. The maximum absolute atomic E-state index is 5.60. The second-order valence-electron chi connectivity index (χ2n) is 4.38. The summed E-state index contributed by atoms with van der Waals surface area (Å²) in [6, 6.07) is 0. The smallest absolute Gasteiger partial charge is 0.148 e. The predicted molar refractivity (Wildman–Crippen MR) is 67.5 cm³/mol. The Morgan fingerprint density at radius 1 is 0.833 bits per heavy atom. The van der Waals surface area contributed by atoms with Crippen LogP contribution < -0.4 is 0 Å². The van der Waals surface area contributed by atoms with Crippen LogP contribution in [-0.4, -0.2) is 39.0 Å². The molecule has 0 aromatic carbocycles. The van der Waals surface area contributed by atoms with Crippen molar-refractivity contribution in [3.63, 3.8) is 0 Å². The van der Waals surface area contributed by atoms with Gasteiger partial charge in [0, 0.05) is 14.2 Å². The molecule has 0 saturated heterocycles. The summed E-state index contributed by atoms with van der Waals surface area (Å²) in [5.74, 6) is 5.43. The Hall–Kier alpha value is -1.04. The van der Waals surface area contributed by atoms with E-state index in [1.807, 2.05) is 0 Å². The molecule has 0 amide bonds. The molecule has 0 bridgehead atoms. The topological polar surface area (TPSA) is 36.9 Å². The zero-order valence-corrected chi connectivity index (χ0v) is 11.0. The predicted octanol–water partition coefficient (Wildman–Crippen LogP) is 1.55. The van der Waals surface area contributed by atoms with Gasteiger partial charge < -0.3 is 18.9 Å². The third-order valence-electron chi connectivity index (χ3n) is 3.30. The number of methoxy groups -OCH3 is 2. The molecule has 0 radical (unpaired) electrons. The van der Waals surface area contributed by atoms with Gasteiger partial charge in [0.25, 0.3) is 0 Å². The third kappa shape index (κ3) is 3.48. The first kappa shape index (κ1) is 15.0. The van der Waals surface area contributed by atoms with Crippen LogP contribution in [0.25, 0.3) is 0 Å². The molecule has 0 N–H and O–H groups in total. The lowest BCUT2D eigenvalue weighted by Crippen LogP contribution is -2.45. The van der Waals surface area contributed by atoms with Gasteiger partial charge in [-0.15, -0.1) is 12.8 Å². The van der Waals surface area contributed by atoms with E-state index in [0.29, 0.717) is 25.7 Å². The lowest BCUT2D eigenvalue weighted by Gasteiger charge is -2.40. The van der Waals surface area contributed by atoms with E-state index < -0.39 is 11.2 Å². The van der Waals surface area contributed by atoms with Crippen LogP contribution in [0.15, 0.2) is 0 Å². The van der Waals surface area contributed by atoms with Gasteiger partial charge in [-0.05, 0) is 25.7 Å². The monoisotopic (exact) mass is 252 g/mol. The largest absolute Gasteiger partial charge is 0.359 e. The summed E-state index contributed by atoms with van der Waals surface area (Å²) >= 11 is 0. The van der Waals surface area contributed by atoms with Crippen LogP contribution in [0.2, 0.25) is 0 Å². The average Bonchev–Trinajstić information content (AvgIpc) is 2.44. The van der Waals surface area contributed by atoms with Crippen molar-refractivity contribution in [3.8, 4) is 24.7 Å². The van der Waals surface area contributed by atoms with Gasteiger partial charge in [0.1, 0.15) is 24.8 Å². The molecule has 0 spiro atoms. The highest BCUT2D eigenvalue weighted by Gasteiger charge is 2.42. The van der Waals surface area contributed by atoms with Crippen molar-refractivity contribution in [3.05, 3.63) is 0 Å². The molecule has 0 aromatic rings. The molecule has 1 aliphatic rings. The molecule has 100 valence electrons. The zero-order valence-electron chi connectivity index (χ0n) is 11.0. The summed E-state index contributed by atoms with van der Waals surface area (Å²) < 4.78 is 21.0. The number of terminal acetylenes is 2. The maximum atomic E-state index is 5.60. The van der Waals surface area contributed by atoms with E-state index in [0.717, 1.165) is 0 Å². The Morgan fingerprint density at radius 3 is 1.39 bits per heavy atom. The molecular formula is C14H20O4. The summed E-state index contributed by atoms with van der Waals surface area (Å²) in [5.41, 5.74) is -1.18. The van der Waals surface area contributed by atoms with Crippen molar-refractivity contribution in [1.82, 2.24) is 0 Å². The SMILES string of the molecule is C#CC1(OCOC)CCC(C#C)(OCOC)CC1. The third-order valence-corrected chi connectivity index (χ3v) is 3.30. The van der Waals surface area contributed by atoms with E-state index in [1.165, 1.54) is 0 Å². The zero-order chi connectivity index (χ0) is 13.5. The molecule has 0 heterocycles. The van der Waals surface area contributed by atoms with Gasteiger partial charge in [0.15, 0.2) is 0 Å². The van der Waals surface area contributed by atoms with Crippen molar-refractivity contribution in [2.75, 3.05) is 27.8 Å². The molecule has 1 saturated carbocycles. The maximum Gasteiger partial charge on any atom is 0.148 e. The molecule has 1 aliphatic carbocycles. The van der Waals surface area contributed by atoms with Crippen LogP contribution in [0.5, 0.6) is 0 Å². The second kappa shape index (κ2) is 6.78. The minimum atomic E-state index is -0.590. The van der Waals surface area contributed by atoms with Crippen LogP contribution in [0.1, 0.15) is 25.7 Å². The van der Waals surface area contributed by atoms with Crippen molar-refractivity contribution >= 4 is 0 Å². The average molecular weight is 252 g/mol. The highest BCUT2D eigenvalue weighted by atomic mass is 16.7. The van der Waals surface area contributed by atoms with E-state index >= 15 is 0 Å². The molecular weight excluding hydrogens is 232 g/mol. The fraction of sp³-hybridized carbons (Fsp3) is 0.714. The molecule has 0 atom stereocenters. The van der Waals surface area contributed by atoms with Crippen LogP contribution in [0.3, 0.4) is 0 Å². The molecule has 0 aliphatic heterocycles. The fourth-order valence-corrected chi connectivity index (χ4v) is 2.06. The van der Waals surface area contributed by atoms with Gasteiger partial charge >= 0.3 is 0 Å². The quantitative estimate of drug-likeness (QED) is 0.531. The van der Waals surface area contributed by atoms with Crippen molar-refractivity contribution in [2.24, 2.45) is 0 Å². The van der Waals surface area contributed by atoms with Gasteiger partial charge in [0.2, 0.25) is 0 Å². The number of hydrogen-bond acceptors (Lipinski definition) is 4. The molecule has 1 fully saturated rings.